The van der Waals surface area contributed by atoms with Crippen molar-refractivity contribution in [1.82, 2.24) is 9.88 Å². The summed E-state index contributed by atoms with van der Waals surface area (Å²) in [6.07, 6.45) is 0.826. The first-order valence-corrected chi connectivity index (χ1v) is 11.2. The van der Waals surface area contributed by atoms with Crippen LogP contribution in [0.1, 0.15) is 37.7 Å². The molecule has 0 bridgehead atoms. The van der Waals surface area contributed by atoms with Crippen molar-refractivity contribution in [2.45, 2.75) is 38.3 Å². The lowest BCUT2D eigenvalue weighted by Crippen LogP contribution is -2.40. The first kappa shape index (κ1) is 21.9. The number of hydrogen-bond acceptors (Lipinski definition) is 7. The highest BCUT2D eigenvalue weighted by Gasteiger charge is 2.34. The standard InChI is InChI=1S/C20H23F3N4O3S/c21-20(22,23)14-10-15-17(16(11-14)27(29)30)31-19(24-18(15)28)26-8-4-13(5-9-26)12-25-6-2-1-3-7-25/h10-11,13H,1-9,12H2. The Morgan fingerprint density at radius 1 is 1.13 bits per heavy atom. The van der Waals surface area contributed by atoms with Crippen molar-refractivity contribution in [3.63, 3.8) is 0 Å². The van der Waals surface area contributed by atoms with Crippen LogP contribution in [-0.4, -0.2) is 47.5 Å². The molecule has 11 heteroatoms. The number of anilines is 1. The maximum atomic E-state index is 13.1. The number of aromatic nitrogens is 1. The Bertz CT molecular complexity index is 1030. The molecule has 0 atom stereocenters. The molecule has 0 unspecified atom stereocenters. The van der Waals surface area contributed by atoms with Crippen molar-refractivity contribution < 1.29 is 18.1 Å². The van der Waals surface area contributed by atoms with Crippen LogP contribution in [0.5, 0.6) is 0 Å². The van der Waals surface area contributed by atoms with E-state index in [1.165, 1.54) is 19.3 Å². The third kappa shape index (κ3) is 4.82. The summed E-state index contributed by atoms with van der Waals surface area (Å²) in [5, 5.41) is 11.4. The van der Waals surface area contributed by atoms with E-state index in [-0.39, 0.29) is 10.1 Å². The smallest absolute Gasteiger partial charge is 0.348 e. The van der Waals surface area contributed by atoms with Crippen molar-refractivity contribution in [3.05, 3.63) is 38.2 Å². The number of fused-ring (bicyclic) bond motifs is 1. The first-order chi connectivity index (χ1) is 14.7. The Balaban J connectivity index is 1.57. The molecule has 0 spiro atoms. The monoisotopic (exact) mass is 456 g/mol. The second-order valence-electron chi connectivity index (χ2n) is 8.22. The molecule has 1 aromatic heterocycles. The number of nitrogens with zero attached hydrogens (tertiary/aromatic N) is 4. The van der Waals surface area contributed by atoms with Crippen molar-refractivity contribution >= 4 is 32.2 Å². The zero-order chi connectivity index (χ0) is 22.2. The average molecular weight is 456 g/mol. The fourth-order valence-corrected chi connectivity index (χ4v) is 5.51. The molecule has 2 aliphatic heterocycles. The number of likely N-dealkylation sites (tertiary alicyclic amines) is 1. The van der Waals surface area contributed by atoms with Crippen LogP contribution in [0.2, 0.25) is 0 Å². The minimum absolute atomic E-state index is 0.0663. The number of alkyl halides is 3. The molecule has 0 radical (unpaired) electrons. The van der Waals surface area contributed by atoms with Crippen molar-refractivity contribution in [1.29, 1.82) is 0 Å². The quantitative estimate of drug-likeness (QED) is 0.505. The summed E-state index contributed by atoms with van der Waals surface area (Å²) in [6, 6.07) is 1.15. The predicted molar refractivity (Wildman–Crippen MR) is 113 cm³/mol. The fraction of sp³-hybridized carbons (Fsp3) is 0.600. The molecule has 168 valence electrons. The molecule has 0 amide bonds. The molecular weight excluding hydrogens is 433 g/mol. The molecule has 3 heterocycles. The molecule has 0 aliphatic carbocycles. The average Bonchev–Trinajstić information content (AvgIpc) is 2.73. The summed E-state index contributed by atoms with van der Waals surface area (Å²) in [5.41, 5.74) is -2.80. The number of rotatable bonds is 4. The minimum atomic E-state index is -4.79. The largest absolute Gasteiger partial charge is 0.416 e. The van der Waals surface area contributed by atoms with Crippen molar-refractivity contribution in [3.8, 4) is 0 Å². The molecule has 2 aliphatic rings. The molecule has 7 nitrogen and oxygen atoms in total. The molecule has 1 aromatic carbocycles. The van der Waals surface area contributed by atoms with Crippen molar-refractivity contribution in [2.75, 3.05) is 37.6 Å². The summed E-state index contributed by atoms with van der Waals surface area (Å²) in [7, 11) is 0. The molecule has 31 heavy (non-hydrogen) atoms. The van der Waals surface area contributed by atoms with E-state index in [2.05, 4.69) is 9.88 Å². The third-order valence-electron chi connectivity index (χ3n) is 6.06. The normalized spacial score (nSPS) is 19.1. The number of hydrogen-bond donors (Lipinski definition) is 0. The van der Waals surface area contributed by atoms with Gasteiger partial charge in [0.2, 0.25) is 0 Å². The maximum absolute atomic E-state index is 13.1. The highest BCUT2D eigenvalue weighted by molar-refractivity contribution is 7.22. The van der Waals surface area contributed by atoms with Crippen molar-refractivity contribution in [2.24, 2.45) is 5.92 Å². The lowest BCUT2D eigenvalue weighted by Gasteiger charge is -2.36. The Morgan fingerprint density at radius 3 is 2.42 bits per heavy atom. The van der Waals surface area contributed by atoms with Crippen LogP contribution in [0, 0.1) is 16.0 Å². The van der Waals surface area contributed by atoms with Crippen LogP contribution < -0.4 is 10.5 Å². The Labute approximate surface area is 180 Å². The highest BCUT2D eigenvalue weighted by Crippen LogP contribution is 2.38. The van der Waals surface area contributed by atoms with Gasteiger partial charge in [0, 0.05) is 25.7 Å². The zero-order valence-electron chi connectivity index (χ0n) is 16.9. The SMILES string of the molecule is O=c1nc(N2CCC(CN3CCCCC3)CC2)sc2c([N+](=O)[O-])cc(C(F)(F)F)cc12. The molecule has 0 N–H and O–H groups in total. The van der Waals surface area contributed by atoms with Crippen LogP contribution in [0.4, 0.5) is 24.0 Å². The number of piperidine rings is 2. The number of nitro benzene ring substituents is 1. The Kier molecular flexibility index (Phi) is 6.16. The summed E-state index contributed by atoms with van der Waals surface area (Å²) in [5.74, 6) is 0.551. The maximum Gasteiger partial charge on any atom is 0.416 e. The minimum Gasteiger partial charge on any atom is -0.348 e. The summed E-state index contributed by atoms with van der Waals surface area (Å²) in [6.45, 7) is 4.67. The van der Waals surface area contributed by atoms with Crippen LogP contribution in [0.15, 0.2) is 16.9 Å². The van der Waals surface area contributed by atoms with E-state index < -0.39 is 27.9 Å². The molecule has 2 aromatic rings. The van der Waals surface area contributed by atoms with Gasteiger partial charge in [0.15, 0.2) is 5.13 Å². The van der Waals surface area contributed by atoms with E-state index >= 15 is 0 Å². The number of halogens is 3. The third-order valence-corrected chi connectivity index (χ3v) is 7.23. The topological polar surface area (TPSA) is 79.6 Å². The molecule has 4 rings (SSSR count). The second kappa shape index (κ2) is 8.70. The summed E-state index contributed by atoms with van der Waals surface area (Å²) < 4.78 is 39.3. The van der Waals surface area contributed by atoms with Crippen LogP contribution in [0.25, 0.3) is 10.1 Å². The lowest BCUT2D eigenvalue weighted by molar-refractivity contribution is -0.383. The lowest BCUT2D eigenvalue weighted by atomic mass is 9.95. The zero-order valence-corrected chi connectivity index (χ0v) is 17.7. The number of non-ortho nitro benzene ring substituents is 1. The van der Waals surface area contributed by atoms with Gasteiger partial charge in [-0.05, 0) is 50.8 Å². The van der Waals surface area contributed by atoms with Gasteiger partial charge >= 0.3 is 6.18 Å². The fourth-order valence-electron chi connectivity index (χ4n) is 4.39. The number of benzene rings is 1. The summed E-state index contributed by atoms with van der Waals surface area (Å²) in [4.78, 5) is 31.4. The highest BCUT2D eigenvalue weighted by atomic mass is 32.1. The van der Waals surface area contributed by atoms with E-state index in [0.29, 0.717) is 36.3 Å². The van der Waals surface area contributed by atoms with E-state index in [1.807, 2.05) is 4.90 Å². The summed E-state index contributed by atoms with van der Waals surface area (Å²) >= 11 is 0.914. The Hall–Kier alpha value is -2.27. The van der Waals surface area contributed by atoms with Gasteiger partial charge in [-0.2, -0.15) is 18.2 Å². The molecule has 0 saturated carbocycles. The second-order valence-corrected chi connectivity index (χ2v) is 9.20. The molecule has 2 fully saturated rings. The van der Waals surface area contributed by atoms with E-state index in [0.717, 1.165) is 43.8 Å². The van der Waals surface area contributed by atoms with Gasteiger partial charge in [-0.3, -0.25) is 14.9 Å². The van der Waals surface area contributed by atoms with E-state index in [9.17, 15) is 28.1 Å². The van der Waals surface area contributed by atoms with Crippen LogP contribution >= 0.6 is 11.3 Å². The Morgan fingerprint density at radius 2 is 1.81 bits per heavy atom. The van der Waals surface area contributed by atoms with Gasteiger partial charge < -0.3 is 9.80 Å². The van der Waals surface area contributed by atoms with E-state index in [4.69, 9.17) is 0 Å². The number of nitro groups is 1. The molecule has 2 saturated heterocycles. The van der Waals surface area contributed by atoms with Gasteiger partial charge in [0.05, 0.1) is 15.9 Å². The molecular formula is C20H23F3N4O3S. The first-order valence-electron chi connectivity index (χ1n) is 10.4. The van der Waals surface area contributed by atoms with Crippen LogP contribution in [-0.2, 0) is 6.18 Å². The van der Waals surface area contributed by atoms with E-state index in [1.54, 1.807) is 0 Å². The van der Waals surface area contributed by atoms with Gasteiger partial charge in [-0.15, -0.1) is 0 Å². The van der Waals surface area contributed by atoms with Gasteiger partial charge in [-0.25, -0.2) is 0 Å². The van der Waals surface area contributed by atoms with Gasteiger partial charge in [0.1, 0.15) is 4.70 Å². The van der Waals surface area contributed by atoms with Gasteiger partial charge in [-0.1, -0.05) is 17.8 Å². The van der Waals surface area contributed by atoms with Gasteiger partial charge in [0.25, 0.3) is 11.2 Å². The van der Waals surface area contributed by atoms with Crippen LogP contribution in [0.3, 0.4) is 0 Å². The predicted octanol–water partition coefficient (Wildman–Crippen LogP) is 4.29.